The van der Waals surface area contributed by atoms with Crippen LogP contribution in [0.4, 0.5) is 5.69 Å². The molecule has 1 atom stereocenters. The lowest BCUT2D eigenvalue weighted by Gasteiger charge is -2.31. The van der Waals surface area contributed by atoms with E-state index < -0.39 is 5.25 Å². The number of carbonyl (C=O) groups is 2. The number of benzene rings is 2. The van der Waals surface area contributed by atoms with Crippen LogP contribution < -0.4 is 10.1 Å². The molecule has 3 rings (SSSR count). The van der Waals surface area contributed by atoms with Crippen molar-refractivity contribution in [3.8, 4) is 5.75 Å². The van der Waals surface area contributed by atoms with Crippen LogP contribution in [-0.4, -0.2) is 40.8 Å². The zero-order valence-corrected chi connectivity index (χ0v) is 17.8. The van der Waals surface area contributed by atoms with E-state index in [1.165, 1.54) is 11.8 Å². The van der Waals surface area contributed by atoms with Crippen molar-refractivity contribution in [2.24, 2.45) is 4.99 Å². The van der Waals surface area contributed by atoms with Gasteiger partial charge in [0.25, 0.3) is 0 Å². The molecule has 1 fully saturated rings. The number of rotatable bonds is 6. The summed E-state index contributed by atoms with van der Waals surface area (Å²) in [5, 5.41) is 3.42. The van der Waals surface area contributed by atoms with Crippen LogP contribution in [0.3, 0.4) is 0 Å². The van der Waals surface area contributed by atoms with Gasteiger partial charge in [0.2, 0.25) is 11.8 Å². The molecule has 1 N–H and O–H groups in total. The number of hydrogen-bond acceptors (Lipinski definition) is 5. The Morgan fingerprint density at radius 3 is 2.55 bits per heavy atom. The third-order valence-corrected chi connectivity index (χ3v) is 5.77. The van der Waals surface area contributed by atoms with E-state index in [4.69, 9.17) is 16.3 Å². The number of methoxy groups -OCH3 is 1. The first-order valence-corrected chi connectivity index (χ1v) is 10.5. The van der Waals surface area contributed by atoms with Gasteiger partial charge in [0, 0.05) is 18.0 Å². The van der Waals surface area contributed by atoms with E-state index in [9.17, 15) is 9.59 Å². The second-order valence-electron chi connectivity index (χ2n) is 6.40. The molecule has 29 heavy (non-hydrogen) atoms. The molecule has 6 nitrogen and oxygen atoms in total. The highest BCUT2D eigenvalue weighted by Crippen LogP contribution is 2.31. The van der Waals surface area contributed by atoms with Crippen LogP contribution in [0.25, 0.3) is 0 Å². The number of aliphatic imine (C=N–C) groups is 1. The first-order valence-electron chi connectivity index (χ1n) is 9.22. The number of halogens is 1. The summed E-state index contributed by atoms with van der Waals surface area (Å²) in [6, 6.07) is 14.6. The summed E-state index contributed by atoms with van der Waals surface area (Å²) in [7, 11) is 1.60. The lowest BCUT2D eigenvalue weighted by atomic mass is 10.2. The topological polar surface area (TPSA) is 71.0 Å². The van der Waals surface area contributed by atoms with Crippen molar-refractivity contribution < 1.29 is 14.3 Å². The van der Waals surface area contributed by atoms with Gasteiger partial charge >= 0.3 is 0 Å². The van der Waals surface area contributed by atoms with E-state index in [1.54, 1.807) is 36.3 Å². The number of amides is 2. The maximum absolute atomic E-state index is 12.9. The van der Waals surface area contributed by atoms with Gasteiger partial charge in [0.15, 0.2) is 5.17 Å². The van der Waals surface area contributed by atoms with Gasteiger partial charge in [0.1, 0.15) is 5.75 Å². The fourth-order valence-corrected chi connectivity index (χ4v) is 4.07. The molecule has 152 valence electrons. The Balaban J connectivity index is 1.90. The van der Waals surface area contributed by atoms with E-state index >= 15 is 0 Å². The quantitative estimate of drug-likeness (QED) is 0.750. The second-order valence-corrected chi connectivity index (χ2v) is 8.01. The standard InChI is InChI=1S/C21H22ClN3O3S/c1-3-23-20(27)18-12-19(26)25(13-14-4-6-15(22)7-5-14)21(29-18)24-16-8-10-17(28-2)11-9-16/h4-11,18H,3,12-13H2,1-2H3,(H,23,27). The maximum atomic E-state index is 12.9. The zero-order chi connectivity index (χ0) is 20.8. The maximum Gasteiger partial charge on any atom is 0.234 e. The Morgan fingerprint density at radius 2 is 1.93 bits per heavy atom. The zero-order valence-electron chi connectivity index (χ0n) is 16.2. The monoisotopic (exact) mass is 431 g/mol. The van der Waals surface area contributed by atoms with Gasteiger partial charge in [-0.05, 0) is 48.9 Å². The molecule has 1 aliphatic heterocycles. The molecule has 0 aromatic heterocycles. The van der Waals surface area contributed by atoms with E-state index in [2.05, 4.69) is 10.3 Å². The summed E-state index contributed by atoms with van der Waals surface area (Å²) in [6.45, 7) is 2.73. The summed E-state index contributed by atoms with van der Waals surface area (Å²) in [6.07, 6.45) is 0.131. The number of carbonyl (C=O) groups excluding carboxylic acids is 2. The van der Waals surface area contributed by atoms with E-state index in [1.807, 2.05) is 31.2 Å². The number of hydrogen-bond donors (Lipinski definition) is 1. The molecule has 0 saturated carbocycles. The Labute approximate surface area is 179 Å². The van der Waals surface area contributed by atoms with Crippen LogP contribution in [0.2, 0.25) is 5.02 Å². The molecule has 8 heteroatoms. The van der Waals surface area contributed by atoms with Gasteiger partial charge in [0.05, 0.1) is 24.6 Å². The summed E-state index contributed by atoms with van der Waals surface area (Å²) < 4.78 is 5.18. The fourth-order valence-electron chi connectivity index (χ4n) is 2.82. The highest BCUT2D eigenvalue weighted by Gasteiger charge is 2.35. The van der Waals surface area contributed by atoms with E-state index in [-0.39, 0.29) is 18.2 Å². The largest absolute Gasteiger partial charge is 0.497 e. The molecule has 1 unspecified atom stereocenters. The SMILES string of the molecule is CCNC(=O)C1CC(=O)N(Cc2ccc(Cl)cc2)C(=Nc2ccc(OC)cc2)S1. The van der Waals surface area contributed by atoms with Crippen molar-refractivity contribution >= 4 is 46.0 Å². The van der Waals surface area contributed by atoms with Crippen LogP contribution in [0.1, 0.15) is 18.9 Å². The van der Waals surface area contributed by atoms with Crippen molar-refractivity contribution in [3.05, 3.63) is 59.1 Å². The highest BCUT2D eigenvalue weighted by atomic mass is 35.5. The van der Waals surface area contributed by atoms with Crippen LogP contribution in [0.15, 0.2) is 53.5 Å². The average molecular weight is 432 g/mol. The third-order valence-electron chi connectivity index (χ3n) is 4.33. The Hall–Kier alpha value is -2.51. The van der Waals surface area contributed by atoms with Gasteiger partial charge < -0.3 is 10.1 Å². The fraction of sp³-hybridized carbons (Fsp3) is 0.286. The number of ether oxygens (including phenoxy) is 1. The minimum atomic E-state index is -0.499. The minimum absolute atomic E-state index is 0.131. The van der Waals surface area contributed by atoms with Crippen molar-refractivity contribution in [2.45, 2.75) is 25.1 Å². The van der Waals surface area contributed by atoms with Gasteiger partial charge in [-0.2, -0.15) is 0 Å². The summed E-state index contributed by atoms with van der Waals surface area (Å²) in [4.78, 5) is 31.5. The molecule has 0 aliphatic carbocycles. The van der Waals surface area contributed by atoms with Gasteiger partial charge in [-0.3, -0.25) is 14.5 Å². The van der Waals surface area contributed by atoms with Crippen LogP contribution in [0, 0.1) is 0 Å². The first-order chi connectivity index (χ1) is 14.0. The molecule has 0 spiro atoms. The lowest BCUT2D eigenvalue weighted by Crippen LogP contribution is -2.46. The number of amidine groups is 1. The van der Waals surface area contributed by atoms with Crippen molar-refractivity contribution in [3.63, 3.8) is 0 Å². The molecular weight excluding hydrogens is 410 g/mol. The number of nitrogens with one attached hydrogen (secondary N) is 1. The van der Waals surface area contributed by atoms with Crippen LogP contribution in [-0.2, 0) is 16.1 Å². The molecular formula is C21H22ClN3O3S. The van der Waals surface area contributed by atoms with Crippen LogP contribution in [0.5, 0.6) is 5.75 Å². The van der Waals surface area contributed by atoms with Crippen molar-refractivity contribution in [1.82, 2.24) is 10.2 Å². The highest BCUT2D eigenvalue weighted by molar-refractivity contribution is 8.15. The molecule has 1 saturated heterocycles. The minimum Gasteiger partial charge on any atom is -0.497 e. The Kier molecular flexibility index (Phi) is 7.17. The summed E-state index contributed by atoms with van der Waals surface area (Å²) >= 11 is 7.27. The second kappa shape index (κ2) is 9.80. The molecule has 1 heterocycles. The average Bonchev–Trinajstić information content (AvgIpc) is 2.72. The smallest absolute Gasteiger partial charge is 0.234 e. The molecule has 1 aliphatic rings. The normalized spacial score (nSPS) is 18.0. The molecule has 2 aromatic carbocycles. The Bertz CT molecular complexity index is 900. The number of nitrogens with zero attached hydrogens (tertiary/aromatic N) is 2. The molecule has 2 amide bonds. The summed E-state index contributed by atoms with van der Waals surface area (Å²) in [5.41, 5.74) is 1.61. The summed E-state index contributed by atoms with van der Waals surface area (Å²) in [5.74, 6) is 0.432. The van der Waals surface area contributed by atoms with E-state index in [0.29, 0.717) is 29.0 Å². The first kappa shape index (κ1) is 21.2. The van der Waals surface area contributed by atoms with Crippen molar-refractivity contribution in [1.29, 1.82) is 0 Å². The van der Waals surface area contributed by atoms with Gasteiger partial charge in [-0.1, -0.05) is 35.5 Å². The lowest BCUT2D eigenvalue weighted by molar-refractivity contribution is -0.130. The number of thioether (sulfide) groups is 1. The molecule has 0 bridgehead atoms. The predicted octanol–water partition coefficient (Wildman–Crippen LogP) is 4.01. The van der Waals surface area contributed by atoms with E-state index in [0.717, 1.165) is 11.3 Å². The predicted molar refractivity (Wildman–Crippen MR) is 117 cm³/mol. The Morgan fingerprint density at radius 1 is 1.24 bits per heavy atom. The van der Waals surface area contributed by atoms with Gasteiger partial charge in [-0.15, -0.1) is 0 Å². The third kappa shape index (κ3) is 5.52. The van der Waals surface area contributed by atoms with Gasteiger partial charge in [-0.25, -0.2) is 4.99 Å². The molecule has 0 radical (unpaired) electrons. The van der Waals surface area contributed by atoms with Crippen LogP contribution >= 0.6 is 23.4 Å². The molecule has 2 aromatic rings. The van der Waals surface area contributed by atoms with Crippen molar-refractivity contribution in [2.75, 3.05) is 13.7 Å².